The van der Waals surface area contributed by atoms with E-state index < -0.39 is 0 Å². The van der Waals surface area contributed by atoms with Crippen molar-refractivity contribution in [1.82, 2.24) is 5.32 Å². The van der Waals surface area contributed by atoms with Crippen LogP contribution in [0.4, 0.5) is 0 Å². The van der Waals surface area contributed by atoms with E-state index in [1.165, 1.54) is 37.1 Å². The van der Waals surface area contributed by atoms with Gasteiger partial charge in [-0.2, -0.15) is 0 Å². The summed E-state index contributed by atoms with van der Waals surface area (Å²) in [7, 11) is 0. The molecule has 0 radical (unpaired) electrons. The molecule has 2 heteroatoms. The van der Waals surface area contributed by atoms with E-state index in [1.54, 1.807) is 0 Å². The molecular weight excluding hydrogens is 238 g/mol. The van der Waals surface area contributed by atoms with Crippen LogP contribution in [-0.2, 0) is 6.42 Å². The molecule has 0 saturated carbocycles. The minimum Gasteiger partial charge on any atom is -0.316 e. The number of thiophene rings is 1. The number of nitrogens with one attached hydrogen (secondary N) is 1. The van der Waals surface area contributed by atoms with E-state index in [4.69, 9.17) is 0 Å². The van der Waals surface area contributed by atoms with Crippen molar-refractivity contribution in [3.8, 4) is 0 Å². The van der Waals surface area contributed by atoms with Gasteiger partial charge in [-0.1, -0.05) is 33.8 Å². The number of hydrogen-bond acceptors (Lipinski definition) is 2. The monoisotopic (exact) mass is 267 g/mol. The zero-order valence-corrected chi connectivity index (χ0v) is 13.3. The fraction of sp³-hybridized carbons (Fsp3) is 0.750. The van der Waals surface area contributed by atoms with Gasteiger partial charge in [0.05, 0.1) is 0 Å². The second kappa shape index (κ2) is 7.96. The van der Waals surface area contributed by atoms with Gasteiger partial charge in [-0.3, -0.25) is 0 Å². The van der Waals surface area contributed by atoms with Gasteiger partial charge in [-0.25, -0.2) is 0 Å². The first-order valence-corrected chi connectivity index (χ1v) is 8.23. The van der Waals surface area contributed by atoms with Gasteiger partial charge in [-0.05, 0) is 55.0 Å². The van der Waals surface area contributed by atoms with Crippen LogP contribution in [0, 0.1) is 11.3 Å². The second-order valence-electron chi connectivity index (χ2n) is 5.81. The highest BCUT2D eigenvalue weighted by Crippen LogP contribution is 2.32. The summed E-state index contributed by atoms with van der Waals surface area (Å²) in [4.78, 5) is 1.53. The van der Waals surface area contributed by atoms with E-state index in [9.17, 15) is 0 Å². The highest BCUT2D eigenvalue weighted by Gasteiger charge is 2.25. The fourth-order valence-corrected chi connectivity index (χ4v) is 3.12. The Morgan fingerprint density at radius 1 is 1.28 bits per heavy atom. The van der Waals surface area contributed by atoms with Gasteiger partial charge < -0.3 is 5.32 Å². The average Bonchev–Trinajstić information content (AvgIpc) is 2.86. The third-order valence-corrected chi connectivity index (χ3v) is 4.97. The molecule has 0 bridgehead atoms. The van der Waals surface area contributed by atoms with Crippen LogP contribution in [0.1, 0.15) is 51.8 Å². The molecule has 1 heterocycles. The van der Waals surface area contributed by atoms with Crippen molar-refractivity contribution in [3.63, 3.8) is 0 Å². The third-order valence-electron chi connectivity index (χ3n) is 4.03. The van der Waals surface area contributed by atoms with Gasteiger partial charge in [0.15, 0.2) is 0 Å². The molecule has 0 atom stereocenters. The lowest BCUT2D eigenvalue weighted by atomic mass is 9.78. The van der Waals surface area contributed by atoms with Crippen molar-refractivity contribution in [3.05, 3.63) is 22.4 Å². The SMILES string of the molecule is CCC(CC)(CCc1cccs1)CNCC(C)C. The highest BCUT2D eigenvalue weighted by atomic mass is 32.1. The Hall–Kier alpha value is -0.340. The van der Waals surface area contributed by atoms with Crippen molar-refractivity contribution in [2.45, 2.75) is 53.4 Å². The smallest absolute Gasteiger partial charge is 0.00454 e. The minimum absolute atomic E-state index is 0.485. The Kier molecular flexibility index (Phi) is 6.95. The van der Waals surface area contributed by atoms with Crippen molar-refractivity contribution >= 4 is 11.3 Å². The van der Waals surface area contributed by atoms with E-state index in [0.717, 1.165) is 12.5 Å². The lowest BCUT2D eigenvalue weighted by molar-refractivity contribution is 0.226. The number of aryl methyl sites for hydroxylation is 1. The molecule has 18 heavy (non-hydrogen) atoms. The molecule has 0 amide bonds. The molecule has 0 aliphatic carbocycles. The maximum absolute atomic E-state index is 3.66. The van der Waals surface area contributed by atoms with Gasteiger partial charge in [0.25, 0.3) is 0 Å². The zero-order valence-electron chi connectivity index (χ0n) is 12.5. The molecule has 0 saturated heterocycles. The van der Waals surface area contributed by atoms with E-state index in [2.05, 4.69) is 50.5 Å². The molecule has 0 spiro atoms. The minimum atomic E-state index is 0.485. The van der Waals surface area contributed by atoms with Crippen LogP contribution in [0.15, 0.2) is 17.5 Å². The number of rotatable bonds is 9. The standard InChI is InChI=1S/C16H29NS/c1-5-16(6-2,13-17-12-14(3)4)10-9-15-8-7-11-18-15/h7-8,11,14,17H,5-6,9-10,12-13H2,1-4H3. The lowest BCUT2D eigenvalue weighted by Gasteiger charge is -2.32. The summed E-state index contributed by atoms with van der Waals surface area (Å²) < 4.78 is 0. The van der Waals surface area contributed by atoms with Crippen LogP contribution in [0.25, 0.3) is 0 Å². The van der Waals surface area contributed by atoms with Crippen LogP contribution >= 0.6 is 11.3 Å². The zero-order chi connectivity index (χ0) is 13.4. The summed E-state index contributed by atoms with van der Waals surface area (Å²) in [6.45, 7) is 11.5. The van der Waals surface area contributed by atoms with Crippen molar-refractivity contribution < 1.29 is 0 Å². The van der Waals surface area contributed by atoms with Crippen molar-refractivity contribution in [2.75, 3.05) is 13.1 Å². The quantitative estimate of drug-likeness (QED) is 0.682. The molecule has 1 aromatic rings. The molecule has 1 N–H and O–H groups in total. The maximum atomic E-state index is 3.66. The molecule has 0 fully saturated rings. The Balaban J connectivity index is 2.45. The van der Waals surface area contributed by atoms with Crippen LogP contribution in [0.5, 0.6) is 0 Å². The third kappa shape index (κ3) is 5.11. The maximum Gasteiger partial charge on any atom is 0.00454 e. The van der Waals surface area contributed by atoms with E-state index in [1.807, 2.05) is 11.3 Å². The van der Waals surface area contributed by atoms with Crippen LogP contribution in [0.2, 0.25) is 0 Å². The first-order valence-electron chi connectivity index (χ1n) is 7.35. The molecule has 0 aliphatic rings. The predicted octanol–water partition coefficient (Wildman–Crippen LogP) is 4.73. The summed E-state index contributed by atoms with van der Waals surface area (Å²) in [6.07, 6.45) is 5.11. The molecule has 1 rings (SSSR count). The summed E-state index contributed by atoms with van der Waals surface area (Å²) in [6, 6.07) is 4.43. The molecule has 1 aromatic heterocycles. The average molecular weight is 267 g/mol. The Bertz CT molecular complexity index is 299. The Morgan fingerprint density at radius 3 is 2.50 bits per heavy atom. The van der Waals surface area contributed by atoms with Gasteiger partial charge in [-0.15, -0.1) is 11.3 Å². The molecule has 104 valence electrons. The lowest BCUT2D eigenvalue weighted by Crippen LogP contribution is -2.35. The molecule has 1 nitrogen and oxygen atoms in total. The summed E-state index contributed by atoms with van der Waals surface area (Å²) in [5, 5.41) is 5.85. The van der Waals surface area contributed by atoms with Gasteiger partial charge in [0.2, 0.25) is 0 Å². The predicted molar refractivity (Wildman–Crippen MR) is 83.4 cm³/mol. The summed E-state index contributed by atoms with van der Waals surface area (Å²) in [5.41, 5.74) is 0.485. The van der Waals surface area contributed by atoms with E-state index >= 15 is 0 Å². The molecule has 0 aromatic carbocycles. The van der Waals surface area contributed by atoms with Gasteiger partial charge in [0, 0.05) is 11.4 Å². The Labute approximate surface area is 117 Å². The van der Waals surface area contributed by atoms with Crippen molar-refractivity contribution in [2.24, 2.45) is 11.3 Å². The Morgan fingerprint density at radius 2 is 2.00 bits per heavy atom. The first-order chi connectivity index (χ1) is 8.62. The van der Waals surface area contributed by atoms with Crippen LogP contribution < -0.4 is 5.32 Å². The normalized spacial score (nSPS) is 12.3. The topological polar surface area (TPSA) is 12.0 Å². The van der Waals surface area contributed by atoms with E-state index in [-0.39, 0.29) is 0 Å². The first kappa shape index (κ1) is 15.7. The van der Waals surface area contributed by atoms with Crippen LogP contribution in [0.3, 0.4) is 0 Å². The summed E-state index contributed by atoms with van der Waals surface area (Å²) >= 11 is 1.89. The van der Waals surface area contributed by atoms with Crippen LogP contribution in [-0.4, -0.2) is 13.1 Å². The highest BCUT2D eigenvalue weighted by molar-refractivity contribution is 7.09. The van der Waals surface area contributed by atoms with Gasteiger partial charge in [0.1, 0.15) is 0 Å². The van der Waals surface area contributed by atoms with E-state index in [0.29, 0.717) is 5.41 Å². The fourth-order valence-electron chi connectivity index (χ4n) is 2.41. The number of hydrogen-bond donors (Lipinski definition) is 1. The molecular formula is C16H29NS. The largest absolute Gasteiger partial charge is 0.316 e. The molecule has 0 aliphatic heterocycles. The molecule has 0 unspecified atom stereocenters. The summed E-state index contributed by atoms with van der Waals surface area (Å²) in [5.74, 6) is 0.744. The van der Waals surface area contributed by atoms with Crippen molar-refractivity contribution in [1.29, 1.82) is 0 Å². The van der Waals surface area contributed by atoms with Gasteiger partial charge >= 0.3 is 0 Å². The second-order valence-corrected chi connectivity index (χ2v) is 6.84.